The molecular formula is C20H23N7O2. The van der Waals surface area contributed by atoms with Crippen LogP contribution in [0.15, 0.2) is 41.5 Å². The third-order valence-electron chi connectivity index (χ3n) is 5.18. The predicted octanol–water partition coefficient (Wildman–Crippen LogP) is 1.75. The first-order valence-corrected chi connectivity index (χ1v) is 9.72. The molecule has 29 heavy (non-hydrogen) atoms. The van der Waals surface area contributed by atoms with Gasteiger partial charge in [-0.25, -0.2) is 19.3 Å². The van der Waals surface area contributed by atoms with Gasteiger partial charge in [-0.2, -0.15) is 5.10 Å². The Bertz CT molecular complexity index is 1070. The highest BCUT2D eigenvalue weighted by molar-refractivity contribution is 5.90. The maximum Gasteiger partial charge on any atom is 0.289 e. The summed E-state index contributed by atoms with van der Waals surface area (Å²) in [6.45, 7) is 3.89. The largest absolute Gasteiger partial charge is 0.347 e. The van der Waals surface area contributed by atoms with Gasteiger partial charge in [0, 0.05) is 30.2 Å². The topological polar surface area (TPSA) is 108 Å². The molecular weight excluding hydrogens is 370 g/mol. The van der Waals surface area contributed by atoms with E-state index in [1.807, 2.05) is 19.9 Å². The van der Waals surface area contributed by atoms with E-state index in [4.69, 9.17) is 0 Å². The van der Waals surface area contributed by atoms with Crippen LogP contribution in [0.1, 0.15) is 53.7 Å². The number of aromatic nitrogens is 6. The van der Waals surface area contributed by atoms with Crippen LogP contribution in [-0.2, 0) is 0 Å². The van der Waals surface area contributed by atoms with Crippen molar-refractivity contribution in [1.29, 1.82) is 0 Å². The summed E-state index contributed by atoms with van der Waals surface area (Å²) < 4.78 is 3.31. The Morgan fingerprint density at radius 2 is 1.79 bits per heavy atom. The Kier molecular flexibility index (Phi) is 5.20. The van der Waals surface area contributed by atoms with Gasteiger partial charge in [-0.05, 0) is 57.7 Å². The van der Waals surface area contributed by atoms with Crippen molar-refractivity contribution >= 4 is 5.91 Å². The lowest BCUT2D eigenvalue weighted by Crippen LogP contribution is -2.40. The van der Waals surface area contributed by atoms with Gasteiger partial charge in [0.2, 0.25) is 5.82 Å². The Labute approximate surface area is 167 Å². The van der Waals surface area contributed by atoms with Crippen molar-refractivity contribution in [3.63, 3.8) is 0 Å². The number of aryl methyl sites for hydroxylation is 2. The number of nitrogens with one attached hydrogen (secondary N) is 1. The van der Waals surface area contributed by atoms with Crippen molar-refractivity contribution in [3.05, 3.63) is 64.2 Å². The summed E-state index contributed by atoms with van der Waals surface area (Å²) in [7, 11) is 0. The average Bonchev–Trinajstić information content (AvgIpc) is 3.08. The second kappa shape index (κ2) is 7.94. The number of carbonyl (C=O) groups is 1. The van der Waals surface area contributed by atoms with E-state index < -0.39 is 0 Å². The zero-order chi connectivity index (χ0) is 20.4. The van der Waals surface area contributed by atoms with Crippen LogP contribution < -0.4 is 10.9 Å². The fraction of sp³-hybridized carbons (Fsp3) is 0.400. The Balaban J connectivity index is 1.44. The number of hydrogen-bond acceptors (Lipinski definition) is 6. The molecule has 3 aromatic heterocycles. The number of carbonyl (C=O) groups excluding carboxylic acids is 1. The number of amides is 1. The molecule has 1 fully saturated rings. The van der Waals surface area contributed by atoms with E-state index in [1.165, 1.54) is 0 Å². The van der Waals surface area contributed by atoms with Crippen LogP contribution in [-0.4, -0.2) is 41.5 Å². The quantitative estimate of drug-likeness (QED) is 0.724. The molecule has 0 bridgehead atoms. The van der Waals surface area contributed by atoms with Gasteiger partial charge in [0.15, 0.2) is 5.82 Å². The van der Waals surface area contributed by atoms with Crippen LogP contribution in [0.3, 0.4) is 0 Å². The van der Waals surface area contributed by atoms with Gasteiger partial charge in [-0.1, -0.05) is 0 Å². The van der Waals surface area contributed by atoms with Crippen molar-refractivity contribution in [2.24, 2.45) is 0 Å². The first-order chi connectivity index (χ1) is 14.0. The molecule has 0 radical (unpaired) electrons. The molecule has 3 aromatic rings. The SMILES string of the molecule is Cc1cc(C)n(-c2ccc(=O)n(C3CCC(NC(=O)c4ncccn4)CC3)n2)n1. The molecule has 0 unspecified atom stereocenters. The van der Waals surface area contributed by atoms with Crippen LogP contribution in [0.5, 0.6) is 0 Å². The number of nitrogens with zero attached hydrogens (tertiary/aromatic N) is 6. The molecule has 9 heteroatoms. The van der Waals surface area contributed by atoms with Crippen molar-refractivity contribution in [2.75, 3.05) is 0 Å². The first kappa shape index (κ1) is 19.0. The molecule has 0 saturated heterocycles. The van der Waals surface area contributed by atoms with E-state index in [0.29, 0.717) is 5.82 Å². The highest BCUT2D eigenvalue weighted by Crippen LogP contribution is 2.27. The van der Waals surface area contributed by atoms with Crippen molar-refractivity contribution in [2.45, 2.75) is 51.6 Å². The highest BCUT2D eigenvalue weighted by atomic mass is 16.2. The van der Waals surface area contributed by atoms with Crippen molar-refractivity contribution in [3.8, 4) is 5.82 Å². The zero-order valence-electron chi connectivity index (χ0n) is 16.4. The fourth-order valence-electron chi connectivity index (χ4n) is 3.78. The zero-order valence-corrected chi connectivity index (χ0v) is 16.4. The Hall–Kier alpha value is -3.36. The molecule has 4 rings (SSSR count). The Morgan fingerprint density at radius 3 is 2.45 bits per heavy atom. The van der Waals surface area contributed by atoms with Crippen molar-refractivity contribution < 1.29 is 4.79 Å². The third-order valence-corrected chi connectivity index (χ3v) is 5.18. The normalized spacial score (nSPS) is 19.1. The van der Waals surface area contributed by atoms with Gasteiger partial charge in [0.25, 0.3) is 11.5 Å². The lowest BCUT2D eigenvalue weighted by Gasteiger charge is -2.29. The molecule has 0 spiro atoms. The number of hydrogen-bond donors (Lipinski definition) is 1. The lowest BCUT2D eigenvalue weighted by molar-refractivity contribution is 0.0910. The molecule has 1 aliphatic carbocycles. The molecule has 1 aliphatic rings. The molecule has 0 aromatic carbocycles. The molecule has 1 N–H and O–H groups in total. The Morgan fingerprint density at radius 1 is 1.07 bits per heavy atom. The van der Waals surface area contributed by atoms with Crippen LogP contribution in [0, 0.1) is 13.8 Å². The second-order valence-electron chi connectivity index (χ2n) is 7.36. The van der Waals surface area contributed by atoms with Crippen LogP contribution in [0.2, 0.25) is 0 Å². The minimum absolute atomic E-state index is 0.000502. The lowest BCUT2D eigenvalue weighted by atomic mass is 9.91. The highest BCUT2D eigenvalue weighted by Gasteiger charge is 2.26. The van der Waals surface area contributed by atoms with Gasteiger partial charge < -0.3 is 5.32 Å². The average molecular weight is 393 g/mol. The van der Waals surface area contributed by atoms with E-state index in [-0.39, 0.29) is 29.4 Å². The molecule has 1 amide bonds. The molecule has 3 heterocycles. The van der Waals surface area contributed by atoms with Gasteiger partial charge in [0.1, 0.15) is 0 Å². The maximum atomic E-state index is 12.4. The second-order valence-corrected chi connectivity index (χ2v) is 7.36. The van der Waals surface area contributed by atoms with Crippen LogP contribution >= 0.6 is 0 Å². The van der Waals surface area contributed by atoms with E-state index in [1.54, 1.807) is 40.0 Å². The van der Waals surface area contributed by atoms with E-state index >= 15 is 0 Å². The number of rotatable bonds is 4. The third kappa shape index (κ3) is 4.08. The minimum Gasteiger partial charge on any atom is -0.347 e. The summed E-state index contributed by atoms with van der Waals surface area (Å²) in [4.78, 5) is 32.6. The van der Waals surface area contributed by atoms with E-state index in [0.717, 1.165) is 37.1 Å². The van der Waals surface area contributed by atoms with E-state index in [9.17, 15) is 9.59 Å². The van der Waals surface area contributed by atoms with Gasteiger partial charge >= 0.3 is 0 Å². The molecule has 0 atom stereocenters. The molecule has 150 valence electrons. The monoisotopic (exact) mass is 393 g/mol. The smallest absolute Gasteiger partial charge is 0.289 e. The van der Waals surface area contributed by atoms with Crippen LogP contribution in [0.4, 0.5) is 0 Å². The summed E-state index contributed by atoms with van der Waals surface area (Å²) in [5.41, 5.74) is 1.75. The van der Waals surface area contributed by atoms with Crippen molar-refractivity contribution in [1.82, 2.24) is 34.8 Å². The summed E-state index contributed by atoms with van der Waals surface area (Å²) >= 11 is 0. The van der Waals surface area contributed by atoms with Gasteiger partial charge in [0.05, 0.1) is 11.7 Å². The molecule has 9 nitrogen and oxygen atoms in total. The first-order valence-electron chi connectivity index (χ1n) is 9.72. The molecule has 1 saturated carbocycles. The van der Waals surface area contributed by atoms with Gasteiger partial charge in [-0.3, -0.25) is 9.59 Å². The fourth-order valence-corrected chi connectivity index (χ4v) is 3.78. The predicted molar refractivity (Wildman–Crippen MR) is 106 cm³/mol. The summed E-state index contributed by atoms with van der Waals surface area (Å²) in [6.07, 6.45) is 6.14. The minimum atomic E-state index is -0.268. The summed E-state index contributed by atoms with van der Waals surface area (Å²) in [5.74, 6) is 0.535. The summed E-state index contributed by atoms with van der Waals surface area (Å²) in [5, 5.41) is 12.0. The van der Waals surface area contributed by atoms with Gasteiger partial charge in [-0.15, -0.1) is 5.10 Å². The standard InChI is InChI=1S/C20H23N7O2/c1-13-12-14(2)26(24-13)17-8-9-18(28)27(25-17)16-6-4-15(5-7-16)23-20(29)19-21-10-3-11-22-19/h3,8-12,15-16H,4-7H2,1-2H3,(H,23,29). The maximum absolute atomic E-state index is 12.4. The molecule has 0 aliphatic heterocycles. The van der Waals surface area contributed by atoms with E-state index in [2.05, 4.69) is 25.5 Å². The van der Waals surface area contributed by atoms with Crippen LogP contribution in [0.25, 0.3) is 5.82 Å². The summed E-state index contributed by atoms with van der Waals surface area (Å²) in [6, 6.07) is 6.93.